The van der Waals surface area contributed by atoms with Crippen LogP contribution in [-0.2, 0) is 0 Å². The Balaban J connectivity index is 1.15. The van der Waals surface area contributed by atoms with Gasteiger partial charge in [0.1, 0.15) is 0 Å². The lowest BCUT2D eigenvalue weighted by Gasteiger charge is -2.15. The number of benzene rings is 9. The Morgan fingerprint density at radius 3 is 1.55 bits per heavy atom. The molecule has 4 heteroatoms. The molecule has 0 saturated carbocycles. The second kappa shape index (κ2) is 12.8. The van der Waals surface area contributed by atoms with Gasteiger partial charge in [-0.15, -0.1) is 11.3 Å². The number of fused-ring (bicyclic) bond motifs is 6. The smallest absolute Gasteiger partial charge is 0.165 e. The third-order valence-corrected chi connectivity index (χ3v) is 12.0. The summed E-state index contributed by atoms with van der Waals surface area (Å²) in [4.78, 5) is 15.9. The molecule has 0 bridgehead atoms. The first-order valence-electron chi connectivity index (χ1n) is 18.5. The highest BCUT2D eigenvalue weighted by atomic mass is 32.1. The van der Waals surface area contributed by atoms with Crippen LogP contribution < -0.4 is 0 Å². The van der Waals surface area contributed by atoms with Crippen molar-refractivity contribution in [1.29, 1.82) is 0 Å². The van der Waals surface area contributed by atoms with Crippen LogP contribution in [-0.4, -0.2) is 15.0 Å². The molecule has 0 aliphatic heterocycles. The van der Waals surface area contributed by atoms with E-state index in [1.54, 1.807) is 11.3 Å². The summed E-state index contributed by atoms with van der Waals surface area (Å²) in [5.41, 5.74) is 7.61. The lowest BCUT2D eigenvalue weighted by atomic mass is 9.92. The zero-order chi connectivity index (χ0) is 36.3. The van der Waals surface area contributed by atoms with Crippen molar-refractivity contribution in [3.63, 3.8) is 0 Å². The summed E-state index contributed by atoms with van der Waals surface area (Å²) in [6.07, 6.45) is 0. The van der Waals surface area contributed by atoms with Crippen molar-refractivity contribution < 1.29 is 0 Å². The molecule has 0 amide bonds. The van der Waals surface area contributed by atoms with Gasteiger partial charge in [-0.05, 0) is 78.8 Å². The van der Waals surface area contributed by atoms with Crippen molar-refractivity contribution in [2.75, 3.05) is 0 Å². The largest absolute Gasteiger partial charge is 0.208 e. The van der Waals surface area contributed by atoms with Crippen LogP contribution in [0.5, 0.6) is 0 Å². The van der Waals surface area contributed by atoms with Gasteiger partial charge in [0.25, 0.3) is 0 Å². The Kier molecular flexibility index (Phi) is 7.35. The van der Waals surface area contributed by atoms with Gasteiger partial charge >= 0.3 is 0 Å². The molecule has 0 saturated heterocycles. The topological polar surface area (TPSA) is 38.7 Å². The first-order valence-corrected chi connectivity index (χ1v) is 19.3. The minimum Gasteiger partial charge on any atom is -0.208 e. The summed E-state index contributed by atoms with van der Waals surface area (Å²) in [5, 5.41) is 9.60. The van der Waals surface area contributed by atoms with E-state index in [1.165, 1.54) is 58.4 Å². The average Bonchev–Trinajstić information content (AvgIpc) is 3.65. The monoisotopic (exact) mass is 717 g/mol. The van der Waals surface area contributed by atoms with Gasteiger partial charge in [-0.2, -0.15) is 0 Å². The summed E-state index contributed by atoms with van der Waals surface area (Å²) >= 11 is 1.79. The third-order valence-electron chi connectivity index (χ3n) is 10.7. The highest BCUT2D eigenvalue weighted by Gasteiger charge is 2.19. The van der Waals surface area contributed by atoms with E-state index in [0.29, 0.717) is 17.5 Å². The van der Waals surface area contributed by atoms with Crippen LogP contribution in [0, 0.1) is 0 Å². The van der Waals surface area contributed by atoms with E-state index in [9.17, 15) is 0 Å². The van der Waals surface area contributed by atoms with E-state index in [2.05, 4.69) is 188 Å². The standard InChI is InChI=1S/C51H31N3S/c1-3-19-36-32(13-1)15-10-24-38(36)34-17-9-18-35(31-34)49-52-50(54-51(53-49)46-27-12-26-44-43-23-7-8-28-47(43)55-48(44)46)45-30-29-42(40-21-5-6-22-41(40)45)39-25-11-16-33-14-2-4-20-37(33)39/h1-31H. The average molecular weight is 718 g/mol. The molecule has 256 valence electrons. The molecule has 0 fully saturated rings. The molecular formula is C51H31N3S. The van der Waals surface area contributed by atoms with Crippen LogP contribution in [0.4, 0.5) is 0 Å². The van der Waals surface area contributed by atoms with E-state index in [0.717, 1.165) is 33.0 Å². The van der Waals surface area contributed by atoms with Crippen LogP contribution in [0.15, 0.2) is 188 Å². The lowest BCUT2D eigenvalue weighted by molar-refractivity contribution is 1.08. The van der Waals surface area contributed by atoms with Gasteiger partial charge < -0.3 is 0 Å². The molecule has 0 spiro atoms. The second-order valence-electron chi connectivity index (χ2n) is 13.9. The minimum atomic E-state index is 0.641. The third kappa shape index (κ3) is 5.30. The van der Waals surface area contributed by atoms with Crippen molar-refractivity contribution in [2.45, 2.75) is 0 Å². The maximum Gasteiger partial charge on any atom is 0.165 e. The number of hydrogen-bond donors (Lipinski definition) is 0. The zero-order valence-electron chi connectivity index (χ0n) is 29.6. The number of hydrogen-bond acceptors (Lipinski definition) is 4. The molecule has 0 radical (unpaired) electrons. The zero-order valence-corrected chi connectivity index (χ0v) is 30.5. The quantitative estimate of drug-likeness (QED) is 0.178. The normalized spacial score (nSPS) is 11.6. The van der Waals surface area contributed by atoms with Gasteiger partial charge in [0, 0.05) is 36.9 Å². The van der Waals surface area contributed by atoms with E-state index >= 15 is 0 Å². The van der Waals surface area contributed by atoms with E-state index < -0.39 is 0 Å². The molecule has 55 heavy (non-hydrogen) atoms. The maximum atomic E-state index is 5.33. The predicted octanol–water partition coefficient (Wildman–Crippen LogP) is 14.0. The molecule has 11 aromatic rings. The fourth-order valence-electron chi connectivity index (χ4n) is 8.16. The van der Waals surface area contributed by atoms with Gasteiger partial charge in [-0.3, -0.25) is 0 Å². The molecule has 0 aliphatic carbocycles. The van der Waals surface area contributed by atoms with E-state index in [4.69, 9.17) is 15.0 Å². The minimum absolute atomic E-state index is 0.641. The highest BCUT2D eigenvalue weighted by molar-refractivity contribution is 7.26. The molecule has 9 aromatic carbocycles. The molecule has 0 N–H and O–H groups in total. The number of rotatable bonds is 5. The van der Waals surface area contributed by atoms with Gasteiger partial charge in [0.15, 0.2) is 17.5 Å². The van der Waals surface area contributed by atoms with Crippen LogP contribution in [0.25, 0.3) is 109 Å². The van der Waals surface area contributed by atoms with Crippen molar-refractivity contribution >= 4 is 63.8 Å². The van der Waals surface area contributed by atoms with E-state index in [1.807, 2.05) is 0 Å². The Bertz CT molecular complexity index is 3280. The lowest BCUT2D eigenvalue weighted by Crippen LogP contribution is -2.01. The van der Waals surface area contributed by atoms with Crippen LogP contribution in [0.1, 0.15) is 0 Å². The van der Waals surface area contributed by atoms with Crippen LogP contribution in [0.2, 0.25) is 0 Å². The van der Waals surface area contributed by atoms with Crippen LogP contribution >= 0.6 is 11.3 Å². The molecular weight excluding hydrogens is 687 g/mol. The highest BCUT2D eigenvalue weighted by Crippen LogP contribution is 2.42. The predicted molar refractivity (Wildman–Crippen MR) is 232 cm³/mol. The van der Waals surface area contributed by atoms with Gasteiger partial charge in [0.2, 0.25) is 0 Å². The van der Waals surface area contributed by atoms with Crippen molar-refractivity contribution in [2.24, 2.45) is 0 Å². The molecule has 0 atom stereocenters. The van der Waals surface area contributed by atoms with Crippen molar-refractivity contribution in [3.05, 3.63) is 188 Å². The number of nitrogens with zero attached hydrogens (tertiary/aromatic N) is 3. The molecule has 2 aromatic heterocycles. The molecule has 11 rings (SSSR count). The fourth-order valence-corrected chi connectivity index (χ4v) is 9.37. The Morgan fingerprint density at radius 1 is 0.291 bits per heavy atom. The number of aromatic nitrogens is 3. The van der Waals surface area contributed by atoms with Gasteiger partial charge in [-0.25, -0.2) is 15.0 Å². The van der Waals surface area contributed by atoms with Crippen molar-refractivity contribution in [1.82, 2.24) is 15.0 Å². The summed E-state index contributed by atoms with van der Waals surface area (Å²) in [6, 6.07) is 66.9. The van der Waals surface area contributed by atoms with Gasteiger partial charge in [0.05, 0.1) is 0 Å². The van der Waals surface area contributed by atoms with Crippen molar-refractivity contribution in [3.8, 4) is 56.4 Å². The first-order chi connectivity index (χ1) is 27.3. The molecule has 0 unspecified atom stereocenters. The van der Waals surface area contributed by atoms with Crippen LogP contribution in [0.3, 0.4) is 0 Å². The van der Waals surface area contributed by atoms with Gasteiger partial charge in [-0.1, -0.05) is 164 Å². The SMILES string of the molecule is c1cc(-c2nc(-c3ccc(-c4cccc5ccccc45)c4ccccc34)nc(-c3cccc4c3sc3ccccc34)n2)cc(-c2cccc3ccccc23)c1. The summed E-state index contributed by atoms with van der Waals surface area (Å²) < 4.78 is 2.42. The number of thiophene rings is 1. The summed E-state index contributed by atoms with van der Waals surface area (Å²) in [7, 11) is 0. The first kappa shape index (κ1) is 31.5. The Labute approximate surface area is 321 Å². The molecule has 3 nitrogen and oxygen atoms in total. The Morgan fingerprint density at radius 2 is 0.764 bits per heavy atom. The summed E-state index contributed by atoms with van der Waals surface area (Å²) in [5.74, 6) is 1.95. The summed E-state index contributed by atoms with van der Waals surface area (Å²) in [6.45, 7) is 0. The Hall–Kier alpha value is -7.01. The van der Waals surface area contributed by atoms with E-state index in [-0.39, 0.29) is 0 Å². The molecule has 0 aliphatic rings. The maximum absolute atomic E-state index is 5.33. The molecule has 2 heterocycles. The fraction of sp³-hybridized carbons (Fsp3) is 0. The second-order valence-corrected chi connectivity index (χ2v) is 15.0.